The molecule has 0 aromatic rings. The molecule has 1 fully saturated rings. The van der Waals surface area contributed by atoms with E-state index in [9.17, 15) is 0 Å². The first-order valence-corrected chi connectivity index (χ1v) is 5.33. The lowest BCUT2D eigenvalue weighted by Crippen LogP contribution is -2.23. The van der Waals surface area contributed by atoms with Crippen LogP contribution in [0.25, 0.3) is 0 Å². The van der Waals surface area contributed by atoms with Gasteiger partial charge in [0.2, 0.25) is 0 Å². The van der Waals surface area contributed by atoms with Crippen molar-refractivity contribution < 1.29 is 0 Å². The van der Waals surface area contributed by atoms with E-state index in [0.717, 1.165) is 0 Å². The quantitative estimate of drug-likeness (QED) is 0.772. The molecular formula is C10H17Cl2N. The highest BCUT2D eigenvalue weighted by Crippen LogP contribution is 2.62. The van der Waals surface area contributed by atoms with Crippen LogP contribution in [-0.4, -0.2) is 12.6 Å². The molecule has 13 heavy (non-hydrogen) atoms. The second-order valence-electron chi connectivity index (χ2n) is 4.81. The highest BCUT2D eigenvalue weighted by atomic mass is 35.5. The van der Waals surface area contributed by atoms with E-state index in [1.54, 1.807) is 0 Å². The molecule has 1 saturated carbocycles. The van der Waals surface area contributed by atoms with E-state index in [0.29, 0.717) is 28.4 Å². The maximum atomic E-state index is 5.79. The normalized spacial score (nSPS) is 26.2. The Morgan fingerprint density at radius 3 is 2.08 bits per heavy atom. The fourth-order valence-corrected chi connectivity index (χ4v) is 2.10. The molecule has 0 unspecified atom stereocenters. The van der Waals surface area contributed by atoms with Crippen molar-refractivity contribution in [2.75, 3.05) is 6.54 Å². The zero-order valence-electron chi connectivity index (χ0n) is 8.62. The van der Waals surface area contributed by atoms with Gasteiger partial charge in [-0.15, -0.1) is 0 Å². The van der Waals surface area contributed by atoms with Gasteiger partial charge < -0.3 is 5.32 Å². The number of rotatable bonds is 3. The molecule has 0 bridgehead atoms. The molecule has 0 saturated heterocycles. The Bertz CT molecular complexity index is 217. The lowest BCUT2D eigenvalue weighted by atomic mass is 10.0. The Morgan fingerprint density at radius 1 is 1.31 bits per heavy atom. The topological polar surface area (TPSA) is 12.0 Å². The van der Waals surface area contributed by atoms with Crippen molar-refractivity contribution in [2.24, 2.45) is 10.8 Å². The molecule has 0 aromatic heterocycles. The molecule has 0 aliphatic heterocycles. The molecule has 3 heteroatoms. The smallest absolute Gasteiger partial charge is 0.0432 e. The highest BCUT2D eigenvalue weighted by molar-refractivity contribution is 6.36. The van der Waals surface area contributed by atoms with Gasteiger partial charge in [0.15, 0.2) is 0 Å². The SMILES string of the molecule is CC1(C)C(NCC(Cl)=CCl)C1(C)C. The fourth-order valence-electron chi connectivity index (χ4n) is 1.94. The van der Waals surface area contributed by atoms with Crippen LogP contribution in [0.3, 0.4) is 0 Å². The number of hydrogen-bond donors (Lipinski definition) is 1. The summed E-state index contributed by atoms with van der Waals surface area (Å²) in [7, 11) is 0. The van der Waals surface area contributed by atoms with Crippen molar-refractivity contribution in [3.05, 3.63) is 10.6 Å². The van der Waals surface area contributed by atoms with Gasteiger partial charge in [-0.3, -0.25) is 0 Å². The van der Waals surface area contributed by atoms with E-state index in [1.165, 1.54) is 5.54 Å². The van der Waals surface area contributed by atoms with Crippen molar-refractivity contribution in [1.82, 2.24) is 5.32 Å². The summed E-state index contributed by atoms with van der Waals surface area (Å²) in [6.07, 6.45) is 0. The lowest BCUT2D eigenvalue weighted by molar-refractivity contribution is 0.457. The molecule has 0 amide bonds. The third-order valence-electron chi connectivity index (χ3n) is 3.61. The molecule has 1 aliphatic rings. The van der Waals surface area contributed by atoms with E-state index < -0.39 is 0 Å². The van der Waals surface area contributed by atoms with Gasteiger partial charge in [0, 0.05) is 23.2 Å². The average molecular weight is 222 g/mol. The van der Waals surface area contributed by atoms with E-state index in [2.05, 4.69) is 33.0 Å². The molecule has 1 N–H and O–H groups in total. The minimum Gasteiger partial charge on any atom is -0.308 e. The molecule has 0 radical (unpaired) electrons. The van der Waals surface area contributed by atoms with Crippen LogP contribution in [0.15, 0.2) is 10.6 Å². The second-order valence-corrected chi connectivity index (χ2v) is 5.52. The second kappa shape index (κ2) is 3.45. The zero-order valence-corrected chi connectivity index (χ0v) is 10.1. The van der Waals surface area contributed by atoms with Crippen LogP contribution in [-0.2, 0) is 0 Å². The largest absolute Gasteiger partial charge is 0.308 e. The first-order valence-electron chi connectivity index (χ1n) is 4.52. The minimum absolute atomic E-state index is 0.358. The molecule has 1 rings (SSSR count). The number of halogens is 2. The summed E-state index contributed by atoms with van der Waals surface area (Å²) >= 11 is 11.3. The van der Waals surface area contributed by atoms with Crippen molar-refractivity contribution in [3.8, 4) is 0 Å². The van der Waals surface area contributed by atoms with Gasteiger partial charge in [-0.05, 0) is 10.8 Å². The van der Waals surface area contributed by atoms with E-state index >= 15 is 0 Å². The average Bonchev–Trinajstić information content (AvgIpc) is 2.40. The minimum atomic E-state index is 0.358. The van der Waals surface area contributed by atoms with E-state index in [-0.39, 0.29) is 0 Å². The van der Waals surface area contributed by atoms with Crippen LogP contribution in [0.4, 0.5) is 0 Å². The monoisotopic (exact) mass is 221 g/mol. The van der Waals surface area contributed by atoms with Gasteiger partial charge in [0.05, 0.1) is 0 Å². The summed E-state index contributed by atoms with van der Waals surface area (Å²) in [6.45, 7) is 9.74. The zero-order chi connectivity index (χ0) is 10.3. The molecule has 1 nitrogen and oxygen atoms in total. The summed E-state index contributed by atoms with van der Waals surface area (Å²) in [5.41, 5.74) is 2.13. The number of hydrogen-bond acceptors (Lipinski definition) is 1. The van der Waals surface area contributed by atoms with Crippen LogP contribution in [0, 0.1) is 10.8 Å². The van der Waals surface area contributed by atoms with Gasteiger partial charge >= 0.3 is 0 Å². The van der Waals surface area contributed by atoms with Crippen LogP contribution in [0.2, 0.25) is 0 Å². The summed E-state index contributed by atoms with van der Waals surface area (Å²) in [5.74, 6) is 0. The van der Waals surface area contributed by atoms with Crippen LogP contribution >= 0.6 is 23.2 Å². The van der Waals surface area contributed by atoms with Gasteiger partial charge in [0.25, 0.3) is 0 Å². The summed E-state index contributed by atoms with van der Waals surface area (Å²) < 4.78 is 0. The van der Waals surface area contributed by atoms with E-state index in [1.807, 2.05) is 0 Å². The first-order chi connectivity index (χ1) is 5.84. The Hall–Kier alpha value is 0.280. The molecule has 0 heterocycles. The maximum Gasteiger partial charge on any atom is 0.0432 e. The number of nitrogens with one attached hydrogen (secondary N) is 1. The van der Waals surface area contributed by atoms with Crippen molar-refractivity contribution in [3.63, 3.8) is 0 Å². The lowest BCUT2D eigenvalue weighted by Gasteiger charge is -2.04. The summed E-state index contributed by atoms with van der Waals surface area (Å²) in [6, 6.07) is 0.533. The van der Waals surface area contributed by atoms with Gasteiger partial charge in [0.1, 0.15) is 0 Å². The Kier molecular flexibility index (Phi) is 3.01. The summed E-state index contributed by atoms with van der Waals surface area (Å²) in [5, 5.41) is 4.07. The molecule has 0 atom stereocenters. The first kappa shape index (κ1) is 11.4. The van der Waals surface area contributed by atoms with Gasteiger partial charge in [-0.25, -0.2) is 0 Å². The molecule has 0 aromatic carbocycles. The van der Waals surface area contributed by atoms with E-state index in [4.69, 9.17) is 23.2 Å². The Morgan fingerprint density at radius 2 is 1.77 bits per heavy atom. The predicted molar refractivity (Wildman–Crippen MR) is 59.1 cm³/mol. The third-order valence-corrected chi connectivity index (χ3v) is 4.23. The van der Waals surface area contributed by atoms with Crippen LogP contribution in [0.1, 0.15) is 27.7 Å². The maximum absolute atomic E-state index is 5.79. The molecule has 76 valence electrons. The van der Waals surface area contributed by atoms with Gasteiger partial charge in [-0.2, -0.15) is 0 Å². The van der Waals surface area contributed by atoms with Crippen molar-refractivity contribution in [2.45, 2.75) is 33.7 Å². The molecule has 0 spiro atoms. The molecular weight excluding hydrogens is 205 g/mol. The predicted octanol–water partition coefficient (Wildman–Crippen LogP) is 3.33. The van der Waals surface area contributed by atoms with Crippen molar-refractivity contribution in [1.29, 1.82) is 0 Å². The summed E-state index contributed by atoms with van der Waals surface area (Å²) in [4.78, 5) is 0. The van der Waals surface area contributed by atoms with Gasteiger partial charge in [-0.1, -0.05) is 50.9 Å². The van der Waals surface area contributed by atoms with Crippen molar-refractivity contribution >= 4 is 23.2 Å². The highest BCUT2D eigenvalue weighted by Gasteiger charge is 2.64. The molecule has 1 aliphatic carbocycles. The standard InChI is InChI=1S/C10H17Cl2N/c1-9(2)8(10(9,3)4)13-6-7(12)5-11/h5,8,13H,6H2,1-4H3. The Labute approximate surface area is 90.5 Å². The van der Waals surface area contributed by atoms with Crippen LogP contribution in [0.5, 0.6) is 0 Å². The Balaban J connectivity index is 2.43. The third kappa shape index (κ3) is 1.88. The fraction of sp³-hybridized carbons (Fsp3) is 0.800. The van der Waals surface area contributed by atoms with Crippen LogP contribution < -0.4 is 5.32 Å².